The largest absolute Gasteiger partial charge is 0.496 e. The van der Waals surface area contributed by atoms with E-state index in [0.717, 1.165) is 46.6 Å². The van der Waals surface area contributed by atoms with Crippen LogP contribution in [0.15, 0.2) is 47.6 Å². The fourth-order valence-corrected chi connectivity index (χ4v) is 5.04. The highest BCUT2D eigenvalue weighted by atomic mass is 35.5. The van der Waals surface area contributed by atoms with Crippen LogP contribution >= 0.6 is 22.9 Å². The highest BCUT2D eigenvalue weighted by molar-refractivity contribution is 7.21. The first-order valence-electron chi connectivity index (χ1n) is 9.89. The molecule has 1 saturated heterocycles. The predicted molar refractivity (Wildman–Crippen MR) is 122 cm³/mol. The fraction of sp³-hybridized carbons (Fsp3) is 0.304. The van der Waals surface area contributed by atoms with Gasteiger partial charge in [-0.1, -0.05) is 35.0 Å². The molecule has 0 bridgehead atoms. The summed E-state index contributed by atoms with van der Waals surface area (Å²) in [5.74, 6) is 0.304. The smallest absolute Gasteiger partial charge is 0.377 e. The Morgan fingerprint density at radius 2 is 1.97 bits per heavy atom. The third-order valence-electron chi connectivity index (χ3n) is 5.28. The normalized spacial score (nSPS) is 15.0. The van der Waals surface area contributed by atoms with Gasteiger partial charge in [0.15, 0.2) is 0 Å². The Labute approximate surface area is 184 Å². The molecule has 1 aliphatic rings. The lowest BCUT2D eigenvalue weighted by atomic mass is 10.1. The van der Waals surface area contributed by atoms with E-state index in [9.17, 15) is 4.79 Å². The van der Waals surface area contributed by atoms with Gasteiger partial charge in [0.2, 0.25) is 0 Å². The van der Waals surface area contributed by atoms with Crippen molar-refractivity contribution in [3.8, 4) is 5.75 Å². The zero-order valence-corrected chi connectivity index (χ0v) is 18.6. The average Bonchev–Trinajstić information content (AvgIpc) is 3.40. The maximum absolute atomic E-state index is 12.5. The molecule has 0 saturated carbocycles. The van der Waals surface area contributed by atoms with Crippen LogP contribution in [-0.4, -0.2) is 36.8 Å². The number of carbonyl (C=O) groups excluding carboxylic acids is 1. The van der Waals surface area contributed by atoms with Gasteiger partial charge in [-0.15, -0.1) is 11.3 Å². The summed E-state index contributed by atoms with van der Waals surface area (Å²) in [7, 11) is 1.68. The molecule has 156 valence electrons. The van der Waals surface area contributed by atoms with E-state index >= 15 is 0 Å². The summed E-state index contributed by atoms with van der Waals surface area (Å²) in [6.45, 7) is 4.87. The standard InChI is InChI=1S/C23H23ClN2O3S/c1-15(16-9-10-19(28-2)17(13-16)14-26-11-5-6-12-26)25-29-23(27)22-21(24)18-7-3-4-8-20(18)30-22/h3-4,7-10,13H,5-6,11-12,14H2,1-2H3/b25-15+. The van der Waals surface area contributed by atoms with Gasteiger partial charge in [-0.3, -0.25) is 4.90 Å². The van der Waals surface area contributed by atoms with Gasteiger partial charge in [-0.25, -0.2) is 4.79 Å². The van der Waals surface area contributed by atoms with Crippen LogP contribution in [0.3, 0.4) is 0 Å². The number of hydrogen-bond acceptors (Lipinski definition) is 6. The van der Waals surface area contributed by atoms with Crippen molar-refractivity contribution in [2.24, 2.45) is 5.16 Å². The number of nitrogens with zero attached hydrogens (tertiary/aromatic N) is 2. The van der Waals surface area contributed by atoms with E-state index in [1.807, 2.05) is 43.3 Å². The third kappa shape index (κ3) is 4.36. The van der Waals surface area contributed by atoms with Gasteiger partial charge in [0.1, 0.15) is 10.6 Å². The first-order valence-corrected chi connectivity index (χ1v) is 11.1. The fourth-order valence-electron chi connectivity index (χ4n) is 3.66. The molecule has 7 heteroatoms. The lowest BCUT2D eigenvalue weighted by Crippen LogP contribution is -2.19. The van der Waals surface area contributed by atoms with Crippen LogP contribution in [0.5, 0.6) is 5.75 Å². The molecule has 1 fully saturated rings. The summed E-state index contributed by atoms with van der Waals surface area (Å²) in [6, 6.07) is 13.5. The van der Waals surface area contributed by atoms with Crippen molar-refractivity contribution in [3.05, 3.63) is 63.5 Å². The Kier molecular flexibility index (Phi) is 6.37. The third-order valence-corrected chi connectivity index (χ3v) is 6.93. The molecule has 0 aliphatic carbocycles. The van der Waals surface area contributed by atoms with E-state index < -0.39 is 5.97 Å². The second kappa shape index (κ2) is 9.16. The topological polar surface area (TPSA) is 51.1 Å². The summed E-state index contributed by atoms with van der Waals surface area (Å²) in [5, 5.41) is 5.33. The summed E-state index contributed by atoms with van der Waals surface area (Å²) in [6.07, 6.45) is 2.47. The SMILES string of the molecule is COc1ccc(/C(C)=N/OC(=O)c2sc3ccccc3c2Cl)cc1CN1CCCC1. The molecule has 1 aromatic heterocycles. The van der Waals surface area contributed by atoms with Crippen molar-refractivity contribution in [1.29, 1.82) is 0 Å². The molecule has 0 amide bonds. The van der Waals surface area contributed by atoms with Crippen LogP contribution < -0.4 is 4.74 Å². The average molecular weight is 443 g/mol. The van der Waals surface area contributed by atoms with Crippen molar-refractivity contribution in [1.82, 2.24) is 4.90 Å². The van der Waals surface area contributed by atoms with Gasteiger partial charge in [0, 0.05) is 22.2 Å². The molecule has 0 radical (unpaired) electrons. The number of methoxy groups -OCH3 is 1. The molecule has 0 N–H and O–H groups in total. The number of likely N-dealkylation sites (tertiary alicyclic amines) is 1. The number of rotatable bonds is 6. The zero-order valence-electron chi connectivity index (χ0n) is 17.0. The van der Waals surface area contributed by atoms with Gasteiger partial charge in [0.25, 0.3) is 0 Å². The molecule has 0 spiro atoms. The Bertz CT molecular complexity index is 1100. The monoisotopic (exact) mass is 442 g/mol. The molecule has 3 aromatic rings. The summed E-state index contributed by atoms with van der Waals surface area (Å²) < 4.78 is 6.46. The molecular weight excluding hydrogens is 420 g/mol. The zero-order chi connectivity index (χ0) is 21.1. The van der Waals surface area contributed by atoms with E-state index in [1.165, 1.54) is 24.2 Å². The summed E-state index contributed by atoms with van der Waals surface area (Å²) in [4.78, 5) is 20.5. The molecular formula is C23H23ClN2O3S. The molecule has 2 heterocycles. The number of hydrogen-bond donors (Lipinski definition) is 0. The predicted octanol–water partition coefficient (Wildman–Crippen LogP) is 5.74. The lowest BCUT2D eigenvalue weighted by molar-refractivity contribution is 0.0522. The van der Waals surface area contributed by atoms with Gasteiger partial charge in [-0.2, -0.15) is 0 Å². The number of halogens is 1. The second-order valence-corrected chi connectivity index (χ2v) is 8.74. The van der Waals surface area contributed by atoms with Gasteiger partial charge in [-0.05, 0) is 62.7 Å². The number of carbonyl (C=O) groups is 1. The van der Waals surface area contributed by atoms with Crippen molar-refractivity contribution in [2.45, 2.75) is 26.3 Å². The van der Waals surface area contributed by atoms with Crippen LogP contribution in [-0.2, 0) is 11.4 Å². The van der Waals surface area contributed by atoms with Crippen LogP contribution in [0.4, 0.5) is 0 Å². The van der Waals surface area contributed by atoms with Gasteiger partial charge >= 0.3 is 5.97 Å². The van der Waals surface area contributed by atoms with E-state index in [1.54, 1.807) is 7.11 Å². The molecule has 1 aliphatic heterocycles. The summed E-state index contributed by atoms with van der Waals surface area (Å²) in [5.41, 5.74) is 2.61. The first-order chi connectivity index (χ1) is 14.6. The molecule has 0 atom stereocenters. The van der Waals surface area contributed by atoms with Crippen molar-refractivity contribution in [2.75, 3.05) is 20.2 Å². The second-order valence-electron chi connectivity index (χ2n) is 7.31. The minimum Gasteiger partial charge on any atom is -0.496 e. The van der Waals surface area contributed by atoms with Gasteiger partial charge in [0.05, 0.1) is 17.8 Å². The molecule has 2 aromatic carbocycles. The van der Waals surface area contributed by atoms with E-state index in [0.29, 0.717) is 15.6 Å². The molecule has 5 nitrogen and oxygen atoms in total. The van der Waals surface area contributed by atoms with E-state index in [2.05, 4.69) is 16.1 Å². The van der Waals surface area contributed by atoms with E-state index in [-0.39, 0.29) is 0 Å². The number of benzene rings is 2. The van der Waals surface area contributed by atoms with Crippen LogP contribution in [0, 0.1) is 0 Å². The van der Waals surface area contributed by atoms with Crippen LogP contribution in [0.25, 0.3) is 10.1 Å². The Balaban J connectivity index is 1.52. The highest BCUT2D eigenvalue weighted by Gasteiger charge is 2.19. The van der Waals surface area contributed by atoms with Crippen molar-refractivity contribution < 1.29 is 14.4 Å². The maximum Gasteiger partial charge on any atom is 0.377 e. The maximum atomic E-state index is 12.5. The van der Waals surface area contributed by atoms with Crippen molar-refractivity contribution in [3.63, 3.8) is 0 Å². The Morgan fingerprint density at radius 1 is 1.20 bits per heavy atom. The lowest BCUT2D eigenvalue weighted by Gasteiger charge is -2.17. The first kappa shape index (κ1) is 20.8. The van der Waals surface area contributed by atoms with Crippen molar-refractivity contribution >= 4 is 44.7 Å². The quantitative estimate of drug-likeness (QED) is 0.277. The molecule has 30 heavy (non-hydrogen) atoms. The minimum atomic E-state index is -0.550. The van der Waals surface area contributed by atoms with Crippen LogP contribution in [0.1, 0.15) is 40.6 Å². The minimum absolute atomic E-state index is 0.360. The van der Waals surface area contributed by atoms with Crippen LogP contribution in [0.2, 0.25) is 5.02 Å². The Morgan fingerprint density at radius 3 is 2.70 bits per heavy atom. The molecule has 4 rings (SSSR count). The number of thiophene rings is 1. The number of fused-ring (bicyclic) bond motifs is 1. The van der Waals surface area contributed by atoms with E-state index in [4.69, 9.17) is 21.2 Å². The Hall–Kier alpha value is -2.41. The number of oxime groups is 1. The number of ether oxygens (including phenoxy) is 1. The molecule has 0 unspecified atom stereocenters. The highest BCUT2D eigenvalue weighted by Crippen LogP contribution is 2.35. The summed E-state index contributed by atoms with van der Waals surface area (Å²) >= 11 is 7.67. The van der Waals surface area contributed by atoms with Gasteiger partial charge < -0.3 is 9.57 Å².